The maximum absolute atomic E-state index is 12.8. The predicted octanol–water partition coefficient (Wildman–Crippen LogP) is 2.67. The zero-order chi connectivity index (χ0) is 20.0. The van der Waals surface area contributed by atoms with Gasteiger partial charge in [-0.2, -0.15) is 0 Å². The number of thiophene rings is 1. The Bertz CT molecular complexity index is 1160. The van der Waals surface area contributed by atoms with Gasteiger partial charge in [0.05, 0.1) is 10.3 Å². The van der Waals surface area contributed by atoms with Gasteiger partial charge in [-0.05, 0) is 43.2 Å². The summed E-state index contributed by atoms with van der Waals surface area (Å²) >= 11 is 1.25. The topological polar surface area (TPSA) is 84.3 Å². The number of carbonyl (C=O) groups is 2. The van der Waals surface area contributed by atoms with Gasteiger partial charge in [-0.3, -0.25) is 19.0 Å². The van der Waals surface area contributed by atoms with E-state index < -0.39 is 0 Å². The Balaban J connectivity index is 1.63. The Morgan fingerprint density at radius 2 is 1.93 bits per heavy atom. The molecule has 0 fully saturated rings. The molecule has 1 aromatic carbocycles. The third kappa shape index (κ3) is 2.99. The van der Waals surface area contributed by atoms with Gasteiger partial charge in [-0.15, -0.1) is 11.3 Å². The quantitative estimate of drug-likeness (QED) is 0.738. The van der Waals surface area contributed by atoms with Gasteiger partial charge in [-0.1, -0.05) is 0 Å². The molecule has 0 aliphatic carbocycles. The maximum Gasteiger partial charge on any atom is 0.266 e. The number of benzene rings is 1. The number of carbonyl (C=O) groups excluding carboxylic acids is 2. The standard InChI is InChI=1S/C20H20N4O3S/c1-11-15-18(22-14-5-4-10-24(14)20(15)27)28-16(11)17(25)21-13-8-6-12(7-9-13)19(26)23(2)3/h6-9H,4-5,10H2,1-3H3,(H,21,25). The highest BCUT2D eigenvalue weighted by atomic mass is 32.1. The van der Waals surface area contributed by atoms with Crippen molar-refractivity contribution in [3.05, 3.63) is 56.4 Å². The van der Waals surface area contributed by atoms with E-state index >= 15 is 0 Å². The minimum Gasteiger partial charge on any atom is -0.345 e. The molecular formula is C20H20N4O3S. The number of nitrogens with zero attached hydrogens (tertiary/aromatic N) is 3. The number of nitrogens with one attached hydrogen (secondary N) is 1. The van der Waals surface area contributed by atoms with Gasteiger partial charge in [0.1, 0.15) is 10.7 Å². The summed E-state index contributed by atoms with van der Waals surface area (Å²) in [6, 6.07) is 6.74. The number of aryl methyl sites for hydroxylation is 2. The lowest BCUT2D eigenvalue weighted by molar-refractivity contribution is 0.0827. The van der Waals surface area contributed by atoms with E-state index in [1.165, 1.54) is 16.2 Å². The highest BCUT2D eigenvalue weighted by molar-refractivity contribution is 7.20. The van der Waals surface area contributed by atoms with Gasteiger partial charge in [0.2, 0.25) is 0 Å². The molecule has 0 spiro atoms. The summed E-state index contributed by atoms with van der Waals surface area (Å²) < 4.78 is 1.71. The smallest absolute Gasteiger partial charge is 0.266 e. The Labute approximate surface area is 165 Å². The second-order valence-electron chi connectivity index (χ2n) is 7.06. The third-order valence-corrected chi connectivity index (χ3v) is 6.10. The second kappa shape index (κ2) is 6.87. The normalized spacial score (nSPS) is 12.8. The van der Waals surface area contributed by atoms with Crippen molar-refractivity contribution in [2.24, 2.45) is 0 Å². The summed E-state index contributed by atoms with van der Waals surface area (Å²) in [6.45, 7) is 2.48. The highest BCUT2D eigenvalue weighted by Crippen LogP contribution is 2.29. The average molecular weight is 396 g/mol. The molecule has 4 rings (SSSR count). The number of fused-ring (bicyclic) bond motifs is 2. The lowest BCUT2D eigenvalue weighted by Crippen LogP contribution is -2.21. The molecule has 1 aliphatic rings. The van der Waals surface area contributed by atoms with Gasteiger partial charge in [0.25, 0.3) is 17.4 Å². The molecule has 144 valence electrons. The van der Waals surface area contributed by atoms with Crippen LogP contribution in [0.4, 0.5) is 5.69 Å². The lowest BCUT2D eigenvalue weighted by atomic mass is 10.1. The van der Waals surface area contributed by atoms with Crippen LogP contribution in [0.3, 0.4) is 0 Å². The van der Waals surface area contributed by atoms with Crippen LogP contribution in [0, 0.1) is 6.92 Å². The van der Waals surface area contributed by atoms with E-state index in [1.54, 1.807) is 49.9 Å². The summed E-state index contributed by atoms with van der Waals surface area (Å²) in [7, 11) is 3.38. The van der Waals surface area contributed by atoms with Crippen molar-refractivity contribution in [2.75, 3.05) is 19.4 Å². The van der Waals surface area contributed by atoms with E-state index in [0.717, 1.165) is 18.7 Å². The molecule has 0 radical (unpaired) electrons. The van der Waals surface area contributed by atoms with Crippen LogP contribution in [-0.4, -0.2) is 40.4 Å². The number of hydrogen-bond donors (Lipinski definition) is 1. The van der Waals surface area contributed by atoms with E-state index in [0.29, 0.717) is 38.5 Å². The van der Waals surface area contributed by atoms with Crippen LogP contribution in [0.5, 0.6) is 0 Å². The largest absolute Gasteiger partial charge is 0.345 e. The molecule has 0 saturated carbocycles. The van der Waals surface area contributed by atoms with Crippen LogP contribution >= 0.6 is 11.3 Å². The Kier molecular flexibility index (Phi) is 4.50. The molecule has 0 saturated heterocycles. The first-order valence-corrected chi connectivity index (χ1v) is 9.84. The highest BCUT2D eigenvalue weighted by Gasteiger charge is 2.23. The van der Waals surface area contributed by atoms with Gasteiger partial charge in [0.15, 0.2) is 0 Å². The summed E-state index contributed by atoms with van der Waals surface area (Å²) in [5, 5.41) is 3.38. The first-order chi connectivity index (χ1) is 13.4. The first-order valence-electron chi connectivity index (χ1n) is 9.02. The van der Waals surface area contributed by atoms with Crippen molar-refractivity contribution < 1.29 is 9.59 Å². The molecule has 28 heavy (non-hydrogen) atoms. The van der Waals surface area contributed by atoms with Crippen molar-refractivity contribution >= 4 is 39.1 Å². The fourth-order valence-corrected chi connectivity index (χ4v) is 4.52. The molecule has 0 atom stereocenters. The summed E-state index contributed by atoms with van der Waals surface area (Å²) in [4.78, 5) is 44.7. The van der Waals surface area contributed by atoms with E-state index in [9.17, 15) is 14.4 Å². The van der Waals surface area contributed by atoms with Gasteiger partial charge < -0.3 is 10.2 Å². The summed E-state index contributed by atoms with van der Waals surface area (Å²) in [6.07, 6.45) is 1.72. The SMILES string of the molecule is Cc1c(C(=O)Nc2ccc(C(=O)N(C)C)cc2)sc2nc3n(c(=O)c12)CCC3. The van der Waals surface area contributed by atoms with E-state index in [2.05, 4.69) is 10.3 Å². The molecule has 1 N–H and O–H groups in total. The fourth-order valence-electron chi connectivity index (χ4n) is 3.43. The average Bonchev–Trinajstić information content (AvgIpc) is 3.27. The van der Waals surface area contributed by atoms with E-state index in [-0.39, 0.29) is 17.4 Å². The Morgan fingerprint density at radius 1 is 1.21 bits per heavy atom. The van der Waals surface area contributed by atoms with Crippen molar-refractivity contribution in [1.82, 2.24) is 14.5 Å². The number of aromatic nitrogens is 2. The lowest BCUT2D eigenvalue weighted by Gasteiger charge is -2.11. The molecule has 2 aromatic heterocycles. The molecule has 1 aliphatic heterocycles. The Hall–Kier alpha value is -3.00. The minimum atomic E-state index is -0.281. The van der Waals surface area contributed by atoms with Crippen LogP contribution < -0.4 is 10.9 Å². The molecule has 7 nitrogen and oxygen atoms in total. The predicted molar refractivity (Wildman–Crippen MR) is 109 cm³/mol. The van der Waals surface area contributed by atoms with Crippen LogP contribution in [0.2, 0.25) is 0 Å². The molecule has 3 aromatic rings. The molecule has 8 heteroatoms. The van der Waals surface area contributed by atoms with Crippen molar-refractivity contribution in [1.29, 1.82) is 0 Å². The van der Waals surface area contributed by atoms with Crippen molar-refractivity contribution in [3.63, 3.8) is 0 Å². The zero-order valence-corrected chi connectivity index (χ0v) is 16.7. The van der Waals surface area contributed by atoms with E-state index in [4.69, 9.17) is 0 Å². The van der Waals surface area contributed by atoms with Gasteiger partial charge in [-0.25, -0.2) is 4.98 Å². The molecule has 3 heterocycles. The second-order valence-corrected chi connectivity index (χ2v) is 8.05. The molecular weight excluding hydrogens is 376 g/mol. The Morgan fingerprint density at radius 3 is 2.61 bits per heavy atom. The van der Waals surface area contributed by atoms with E-state index in [1.807, 2.05) is 0 Å². The van der Waals surface area contributed by atoms with Gasteiger partial charge in [0, 0.05) is 38.3 Å². The van der Waals surface area contributed by atoms with Crippen LogP contribution in [0.15, 0.2) is 29.1 Å². The summed E-state index contributed by atoms with van der Waals surface area (Å²) in [5.74, 6) is 0.418. The van der Waals surface area contributed by atoms with Crippen LogP contribution in [-0.2, 0) is 13.0 Å². The van der Waals surface area contributed by atoms with Crippen LogP contribution in [0.1, 0.15) is 37.8 Å². The zero-order valence-electron chi connectivity index (χ0n) is 15.9. The van der Waals surface area contributed by atoms with Crippen molar-refractivity contribution in [3.8, 4) is 0 Å². The number of rotatable bonds is 3. The van der Waals surface area contributed by atoms with Gasteiger partial charge >= 0.3 is 0 Å². The van der Waals surface area contributed by atoms with Crippen LogP contribution in [0.25, 0.3) is 10.2 Å². The minimum absolute atomic E-state index is 0.0585. The maximum atomic E-state index is 12.8. The molecule has 2 amide bonds. The van der Waals surface area contributed by atoms with Crippen molar-refractivity contribution in [2.45, 2.75) is 26.3 Å². The number of hydrogen-bond acceptors (Lipinski definition) is 5. The third-order valence-electron chi connectivity index (χ3n) is 4.91. The molecule has 0 bridgehead atoms. The number of amides is 2. The molecule has 0 unspecified atom stereocenters. The number of anilines is 1. The fraction of sp³-hybridized carbons (Fsp3) is 0.300. The summed E-state index contributed by atoms with van der Waals surface area (Å²) in [5.41, 5.74) is 1.74. The monoisotopic (exact) mass is 396 g/mol. The first kappa shape index (κ1) is 18.4.